The van der Waals surface area contributed by atoms with E-state index in [0.717, 1.165) is 4.47 Å². The van der Waals surface area contributed by atoms with Gasteiger partial charge in [0.1, 0.15) is 5.82 Å². The summed E-state index contributed by atoms with van der Waals surface area (Å²) in [6, 6.07) is 4.49. The van der Waals surface area contributed by atoms with Gasteiger partial charge in [-0.2, -0.15) is 0 Å². The van der Waals surface area contributed by atoms with Gasteiger partial charge >= 0.3 is 5.97 Å². The average molecular weight is 259 g/mol. The highest BCUT2D eigenvalue weighted by Crippen LogP contribution is 2.16. The van der Waals surface area contributed by atoms with E-state index in [-0.39, 0.29) is 5.82 Å². The minimum atomic E-state index is -0.510. The Labute approximate surface area is 89.5 Å². The van der Waals surface area contributed by atoms with Gasteiger partial charge in [-0.15, -0.1) is 0 Å². The second-order valence-corrected chi connectivity index (χ2v) is 3.44. The Hall–Kier alpha value is -1.16. The number of halogens is 2. The third kappa shape index (κ3) is 2.96. The molecule has 0 saturated heterocycles. The molecule has 0 spiro atoms. The molecular weight excluding hydrogens is 251 g/mol. The highest BCUT2D eigenvalue weighted by atomic mass is 79.9. The van der Waals surface area contributed by atoms with Gasteiger partial charge in [-0.1, -0.05) is 15.9 Å². The zero-order valence-corrected chi connectivity index (χ0v) is 9.05. The molecular formula is C10H8BrFO2. The molecule has 0 saturated carbocycles. The van der Waals surface area contributed by atoms with Crippen molar-refractivity contribution >= 4 is 28.0 Å². The van der Waals surface area contributed by atoms with Crippen molar-refractivity contribution < 1.29 is 13.9 Å². The summed E-state index contributed by atoms with van der Waals surface area (Å²) < 4.78 is 18.2. The lowest BCUT2D eigenvalue weighted by molar-refractivity contribution is -0.134. The Morgan fingerprint density at radius 2 is 2.29 bits per heavy atom. The Morgan fingerprint density at radius 3 is 2.93 bits per heavy atom. The number of hydrogen-bond acceptors (Lipinski definition) is 2. The van der Waals surface area contributed by atoms with E-state index in [1.165, 1.54) is 25.3 Å². The van der Waals surface area contributed by atoms with Crippen molar-refractivity contribution in [2.24, 2.45) is 0 Å². The van der Waals surface area contributed by atoms with Crippen LogP contribution in [0.25, 0.3) is 6.08 Å². The van der Waals surface area contributed by atoms with Gasteiger partial charge in [0.2, 0.25) is 0 Å². The molecule has 0 aliphatic rings. The molecule has 4 heteroatoms. The fourth-order valence-electron chi connectivity index (χ4n) is 0.868. The van der Waals surface area contributed by atoms with E-state index in [2.05, 4.69) is 20.7 Å². The lowest BCUT2D eigenvalue weighted by Gasteiger charge is -1.97. The van der Waals surface area contributed by atoms with Crippen LogP contribution >= 0.6 is 15.9 Å². The summed E-state index contributed by atoms with van der Waals surface area (Å²) in [5.74, 6) is -0.891. The van der Waals surface area contributed by atoms with E-state index in [9.17, 15) is 9.18 Å². The molecule has 14 heavy (non-hydrogen) atoms. The SMILES string of the molecule is COC(=O)/C=C/c1cc(Br)ccc1F. The van der Waals surface area contributed by atoms with Crippen molar-refractivity contribution in [1.29, 1.82) is 0 Å². The van der Waals surface area contributed by atoms with Gasteiger partial charge in [0, 0.05) is 16.1 Å². The smallest absolute Gasteiger partial charge is 0.330 e. The van der Waals surface area contributed by atoms with Crippen LogP contribution < -0.4 is 0 Å². The third-order valence-electron chi connectivity index (χ3n) is 1.56. The number of methoxy groups -OCH3 is 1. The number of carbonyl (C=O) groups excluding carboxylic acids is 1. The molecule has 1 aromatic carbocycles. The molecule has 0 radical (unpaired) electrons. The van der Waals surface area contributed by atoms with E-state index in [0.29, 0.717) is 5.56 Å². The Kier molecular flexibility index (Phi) is 3.83. The maximum Gasteiger partial charge on any atom is 0.330 e. The summed E-state index contributed by atoms with van der Waals surface area (Å²) in [6.45, 7) is 0. The molecule has 0 N–H and O–H groups in total. The maximum atomic E-state index is 13.1. The zero-order chi connectivity index (χ0) is 10.6. The van der Waals surface area contributed by atoms with Crippen LogP contribution in [-0.2, 0) is 9.53 Å². The quantitative estimate of drug-likeness (QED) is 0.603. The highest BCUT2D eigenvalue weighted by Gasteiger charge is 1.99. The van der Waals surface area contributed by atoms with E-state index in [4.69, 9.17) is 0 Å². The number of hydrogen-bond donors (Lipinski definition) is 0. The first-order chi connectivity index (χ1) is 6.63. The summed E-state index contributed by atoms with van der Waals surface area (Å²) in [5, 5.41) is 0. The van der Waals surface area contributed by atoms with Crippen LogP contribution in [0.3, 0.4) is 0 Å². The molecule has 1 aromatic rings. The van der Waals surface area contributed by atoms with E-state index in [1.54, 1.807) is 12.1 Å². The van der Waals surface area contributed by atoms with Gasteiger partial charge in [0.15, 0.2) is 0 Å². The molecule has 0 amide bonds. The Morgan fingerprint density at radius 1 is 1.57 bits per heavy atom. The minimum absolute atomic E-state index is 0.338. The van der Waals surface area contributed by atoms with Crippen molar-refractivity contribution in [3.05, 3.63) is 40.1 Å². The lowest BCUT2D eigenvalue weighted by Crippen LogP contribution is -1.93. The summed E-state index contributed by atoms with van der Waals surface area (Å²) in [7, 11) is 1.27. The normalized spacial score (nSPS) is 10.5. The Bertz CT molecular complexity index is 374. The van der Waals surface area contributed by atoms with Crippen LogP contribution in [0.4, 0.5) is 4.39 Å². The molecule has 0 aromatic heterocycles. The maximum absolute atomic E-state index is 13.1. The molecule has 0 unspecified atom stereocenters. The van der Waals surface area contributed by atoms with Crippen LogP contribution in [-0.4, -0.2) is 13.1 Å². The van der Waals surface area contributed by atoms with Gasteiger partial charge in [-0.05, 0) is 24.3 Å². The van der Waals surface area contributed by atoms with E-state index >= 15 is 0 Å². The predicted molar refractivity (Wildman–Crippen MR) is 55.2 cm³/mol. The van der Waals surface area contributed by atoms with Crippen molar-refractivity contribution in [2.75, 3.05) is 7.11 Å². The summed E-state index contributed by atoms with van der Waals surface area (Å²) >= 11 is 3.20. The molecule has 0 heterocycles. The first-order valence-corrected chi connectivity index (χ1v) is 4.64. The van der Waals surface area contributed by atoms with Crippen molar-refractivity contribution in [3.8, 4) is 0 Å². The van der Waals surface area contributed by atoms with Crippen LogP contribution in [0.1, 0.15) is 5.56 Å². The number of rotatable bonds is 2. The number of ether oxygens (including phenoxy) is 1. The first-order valence-electron chi connectivity index (χ1n) is 3.84. The van der Waals surface area contributed by atoms with Gasteiger partial charge < -0.3 is 4.74 Å². The molecule has 2 nitrogen and oxygen atoms in total. The van der Waals surface area contributed by atoms with E-state index in [1.807, 2.05) is 0 Å². The standard InChI is InChI=1S/C10H8BrFO2/c1-14-10(13)5-2-7-6-8(11)3-4-9(7)12/h2-6H,1H3/b5-2+. The number of carbonyl (C=O) groups is 1. The van der Waals surface area contributed by atoms with Crippen molar-refractivity contribution in [2.45, 2.75) is 0 Å². The Balaban J connectivity index is 2.90. The van der Waals surface area contributed by atoms with E-state index < -0.39 is 5.97 Å². The van der Waals surface area contributed by atoms with Crippen molar-refractivity contribution in [3.63, 3.8) is 0 Å². The highest BCUT2D eigenvalue weighted by molar-refractivity contribution is 9.10. The average Bonchev–Trinajstić information content (AvgIpc) is 2.19. The molecule has 0 fully saturated rings. The lowest BCUT2D eigenvalue weighted by atomic mass is 10.2. The summed E-state index contributed by atoms with van der Waals surface area (Å²) in [6.07, 6.45) is 2.54. The van der Waals surface area contributed by atoms with Gasteiger partial charge in [0.05, 0.1) is 7.11 Å². The monoisotopic (exact) mass is 258 g/mol. The molecule has 0 aliphatic carbocycles. The molecule has 1 rings (SSSR count). The molecule has 74 valence electrons. The molecule has 0 atom stereocenters. The predicted octanol–water partition coefficient (Wildman–Crippen LogP) is 2.77. The van der Waals surface area contributed by atoms with Gasteiger partial charge in [0.25, 0.3) is 0 Å². The minimum Gasteiger partial charge on any atom is -0.466 e. The molecule has 0 bridgehead atoms. The molecule has 0 aliphatic heterocycles. The number of benzene rings is 1. The van der Waals surface area contributed by atoms with Crippen LogP contribution in [0.2, 0.25) is 0 Å². The van der Waals surface area contributed by atoms with Crippen LogP contribution in [0.5, 0.6) is 0 Å². The zero-order valence-electron chi connectivity index (χ0n) is 7.46. The van der Waals surface area contributed by atoms with Gasteiger partial charge in [-0.25, -0.2) is 9.18 Å². The second-order valence-electron chi connectivity index (χ2n) is 2.52. The number of esters is 1. The third-order valence-corrected chi connectivity index (χ3v) is 2.05. The van der Waals surface area contributed by atoms with Gasteiger partial charge in [-0.3, -0.25) is 0 Å². The van der Waals surface area contributed by atoms with Crippen molar-refractivity contribution in [1.82, 2.24) is 0 Å². The summed E-state index contributed by atoms with van der Waals surface area (Å²) in [5.41, 5.74) is 0.338. The summed E-state index contributed by atoms with van der Waals surface area (Å²) in [4.78, 5) is 10.7. The second kappa shape index (κ2) is 4.91. The topological polar surface area (TPSA) is 26.3 Å². The van der Waals surface area contributed by atoms with Crippen LogP contribution in [0.15, 0.2) is 28.7 Å². The van der Waals surface area contributed by atoms with Crippen LogP contribution in [0, 0.1) is 5.82 Å². The largest absolute Gasteiger partial charge is 0.466 e. The first kappa shape index (κ1) is 10.9. The fourth-order valence-corrected chi connectivity index (χ4v) is 1.25. The fraction of sp³-hybridized carbons (Fsp3) is 0.100.